The number of carbonyl (C=O) groups is 1. The van der Waals surface area contributed by atoms with E-state index in [4.69, 9.17) is 5.11 Å². The van der Waals surface area contributed by atoms with Gasteiger partial charge in [-0.3, -0.25) is 10.1 Å². The predicted octanol–water partition coefficient (Wildman–Crippen LogP) is 2.10. The van der Waals surface area contributed by atoms with Gasteiger partial charge in [0.2, 0.25) is 0 Å². The van der Waals surface area contributed by atoms with Crippen LogP contribution in [0.3, 0.4) is 0 Å². The summed E-state index contributed by atoms with van der Waals surface area (Å²) in [6, 6.07) is 1.07. The summed E-state index contributed by atoms with van der Waals surface area (Å²) in [5, 5.41) is 19.7. The first-order valence-electron chi connectivity index (χ1n) is 5.46. The van der Waals surface area contributed by atoms with Crippen LogP contribution in [0.4, 0.5) is 5.69 Å². The summed E-state index contributed by atoms with van der Waals surface area (Å²) in [7, 11) is 0. The van der Waals surface area contributed by atoms with E-state index < -0.39 is 10.9 Å². The van der Waals surface area contributed by atoms with Gasteiger partial charge in [0.05, 0.1) is 22.3 Å². The maximum atomic E-state index is 11.0. The lowest BCUT2D eigenvalue weighted by Crippen LogP contribution is -2.09. The molecule has 0 aliphatic rings. The van der Waals surface area contributed by atoms with Gasteiger partial charge in [0, 0.05) is 23.9 Å². The molecule has 0 aliphatic heterocycles. The summed E-state index contributed by atoms with van der Waals surface area (Å²) in [5.41, 5.74) is 2.34. The number of hydrogen-bond donors (Lipinski definition) is 1. The number of aromatic carboxylic acids is 1. The molecule has 0 saturated heterocycles. The Morgan fingerprint density at radius 1 is 1.63 bits per heavy atom. The highest BCUT2D eigenvalue weighted by Gasteiger charge is 2.18. The van der Waals surface area contributed by atoms with Crippen LogP contribution in [0.15, 0.2) is 17.8 Å². The molecule has 0 spiro atoms. The number of aryl methyl sites for hydroxylation is 3. The molecule has 0 saturated carbocycles. The maximum absolute atomic E-state index is 11.0. The molecule has 0 bridgehead atoms. The summed E-state index contributed by atoms with van der Waals surface area (Å²) in [6.45, 7) is 2.25. The van der Waals surface area contributed by atoms with E-state index in [2.05, 4.69) is 4.98 Å². The Bertz CT molecular complexity index is 632. The Kier molecular flexibility index (Phi) is 3.61. The third-order valence-corrected chi connectivity index (χ3v) is 3.73. The van der Waals surface area contributed by atoms with E-state index in [0.717, 1.165) is 16.6 Å². The van der Waals surface area contributed by atoms with Crippen molar-refractivity contribution in [2.75, 3.05) is 0 Å². The topological polar surface area (TPSA) is 98.3 Å². The van der Waals surface area contributed by atoms with Gasteiger partial charge in [-0.1, -0.05) is 0 Å². The van der Waals surface area contributed by atoms with Crippen LogP contribution in [0.1, 0.15) is 21.1 Å². The summed E-state index contributed by atoms with van der Waals surface area (Å²) in [6.07, 6.45) is 1.85. The highest BCUT2D eigenvalue weighted by atomic mass is 32.1. The number of hydrogen-bond acceptors (Lipinski definition) is 5. The smallest absolute Gasteiger partial charge is 0.352 e. The lowest BCUT2D eigenvalue weighted by molar-refractivity contribution is -0.384. The zero-order valence-corrected chi connectivity index (χ0v) is 10.9. The molecule has 0 aliphatic carbocycles. The minimum Gasteiger partial charge on any atom is -0.477 e. The van der Waals surface area contributed by atoms with Crippen molar-refractivity contribution in [2.45, 2.75) is 19.9 Å². The quantitative estimate of drug-likeness (QED) is 0.668. The molecule has 0 aromatic carbocycles. The number of carboxylic acids is 1. The van der Waals surface area contributed by atoms with E-state index in [-0.39, 0.29) is 11.4 Å². The van der Waals surface area contributed by atoms with Crippen molar-refractivity contribution >= 4 is 23.0 Å². The molecular weight excluding hydrogens is 270 g/mol. The fourth-order valence-corrected chi connectivity index (χ4v) is 2.52. The van der Waals surface area contributed by atoms with Crippen molar-refractivity contribution in [3.05, 3.63) is 44.2 Å². The second-order valence-corrected chi connectivity index (χ2v) is 4.89. The van der Waals surface area contributed by atoms with Crippen LogP contribution in [0.5, 0.6) is 0 Å². The van der Waals surface area contributed by atoms with Gasteiger partial charge in [0.25, 0.3) is 5.69 Å². The molecule has 0 amide bonds. The largest absolute Gasteiger partial charge is 0.477 e. The molecule has 2 aromatic heterocycles. The van der Waals surface area contributed by atoms with Crippen molar-refractivity contribution in [3.63, 3.8) is 0 Å². The summed E-state index contributed by atoms with van der Waals surface area (Å²) in [5.74, 6) is -1.17. The van der Waals surface area contributed by atoms with E-state index in [0.29, 0.717) is 13.0 Å². The monoisotopic (exact) mass is 281 g/mol. The molecule has 0 atom stereocenters. The van der Waals surface area contributed by atoms with Crippen molar-refractivity contribution in [1.82, 2.24) is 9.55 Å². The molecule has 2 aromatic rings. The van der Waals surface area contributed by atoms with E-state index in [9.17, 15) is 14.9 Å². The molecular formula is C11H11N3O4S. The number of thiazole rings is 1. The number of rotatable bonds is 5. The summed E-state index contributed by atoms with van der Waals surface area (Å²) in [4.78, 5) is 26.3. The maximum Gasteiger partial charge on any atom is 0.352 e. The number of nitro groups is 1. The van der Waals surface area contributed by atoms with Crippen LogP contribution in [-0.4, -0.2) is 25.6 Å². The first-order chi connectivity index (χ1) is 8.99. The first kappa shape index (κ1) is 13.2. The third-order valence-electron chi connectivity index (χ3n) is 2.74. The molecule has 7 nitrogen and oxygen atoms in total. The Morgan fingerprint density at radius 3 is 2.89 bits per heavy atom. The molecule has 100 valence electrons. The van der Waals surface area contributed by atoms with Crippen LogP contribution >= 0.6 is 11.3 Å². The Balaban J connectivity index is 2.21. The Morgan fingerprint density at radius 2 is 2.37 bits per heavy atom. The lowest BCUT2D eigenvalue weighted by Gasteiger charge is -2.04. The van der Waals surface area contributed by atoms with Crippen LogP contribution in [-0.2, 0) is 13.0 Å². The van der Waals surface area contributed by atoms with E-state index in [1.807, 2.05) is 6.92 Å². The third kappa shape index (κ3) is 2.79. The normalized spacial score (nSPS) is 10.6. The molecule has 0 unspecified atom stereocenters. The molecule has 0 radical (unpaired) electrons. The fraction of sp³-hybridized carbons (Fsp3) is 0.273. The highest BCUT2D eigenvalue weighted by molar-refractivity contribution is 7.09. The fourth-order valence-electron chi connectivity index (χ4n) is 1.75. The average molecular weight is 281 g/mol. The van der Waals surface area contributed by atoms with Gasteiger partial charge in [-0.15, -0.1) is 11.3 Å². The molecule has 2 rings (SSSR count). The van der Waals surface area contributed by atoms with Gasteiger partial charge >= 0.3 is 5.97 Å². The number of aromatic nitrogens is 2. The van der Waals surface area contributed by atoms with Gasteiger partial charge in [-0.05, 0) is 6.92 Å². The zero-order chi connectivity index (χ0) is 14.0. The average Bonchev–Trinajstić information content (AvgIpc) is 2.92. The van der Waals surface area contributed by atoms with Crippen LogP contribution in [0.2, 0.25) is 0 Å². The van der Waals surface area contributed by atoms with Gasteiger partial charge in [0.1, 0.15) is 5.69 Å². The van der Waals surface area contributed by atoms with Gasteiger partial charge in [-0.2, -0.15) is 0 Å². The highest BCUT2D eigenvalue weighted by Crippen LogP contribution is 2.19. The van der Waals surface area contributed by atoms with E-state index in [1.54, 1.807) is 5.51 Å². The van der Waals surface area contributed by atoms with Crippen LogP contribution in [0, 0.1) is 17.0 Å². The summed E-state index contributed by atoms with van der Waals surface area (Å²) >= 11 is 1.49. The lowest BCUT2D eigenvalue weighted by atomic mass is 10.3. The van der Waals surface area contributed by atoms with Gasteiger partial charge in [-0.25, -0.2) is 9.78 Å². The number of nitrogens with zero attached hydrogens (tertiary/aromatic N) is 3. The van der Waals surface area contributed by atoms with E-state index in [1.165, 1.54) is 22.1 Å². The minimum absolute atomic E-state index is 0.0751. The predicted molar refractivity (Wildman–Crippen MR) is 68.6 cm³/mol. The molecule has 0 fully saturated rings. The minimum atomic E-state index is -1.17. The molecule has 1 N–H and O–H groups in total. The Labute approximate surface area is 112 Å². The van der Waals surface area contributed by atoms with Crippen molar-refractivity contribution < 1.29 is 14.8 Å². The second kappa shape index (κ2) is 5.19. The first-order valence-corrected chi connectivity index (χ1v) is 6.34. The van der Waals surface area contributed by atoms with Crippen molar-refractivity contribution in [1.29, 1.82) is 0 Å². The summed E-state index contributed by atoms with van der Waals surface area (Å²) < 4.78 is 1.39. The number of carboxylic acid groups (broad SMARTS) is 1. The van der Waals surface area contributed by atoms with Crippen LogP contribution in [0.25, 0.3) is 0 Å². The van der Waals surface area contributed by atoms with Crippen molar-refractivity contribution in [3.8, 4) is 0 Å². The molecule has 2 heterocycles. The Hall–Kier alpha value is -2.22. The molecule has 19 heavy (non-hydrogen) atoms. The SMILES string of the molecule is Cc1ncsc1CCn1cc([N+](=O)[O-])cc1C(=O)O. The zero-order valence-electron chi connectivity index (χ0n) is 10.1. The standard InChI is InChI=1S/C11H11N3O4S/c1-7-10(19-6-12-7)2-3-13-5-8(14(17)18)4-9(13)11(15)16/h4-6H,2-3H2,1H3,(H,15,16). The molecule has 8 heteroatoms. The van der Waals surface area contributed by atoms with E-state index >= 15 is 0 Å². The second-order valence-electron chi connectivity index (χ2n) is 3.95. The van der Waals surface area contributed by atoms with Gasteiger partial charge < -0.3 is 9.67 Å². The van der Waals surface area contributed by atoms with Crippen molar-refractivity contribution in [2.24, 2.45) is 0 Å². The van der Waals surface area contributed by atoms with Gasteiger partial charge in [0.15, 0.2) is 0 Å². The van der Waals surface area contributed by atoms with Crippen LogP contribution < -0.4 is 0 Å².